The molecule has 0 radical (unpaired) electrons. The van der Waals surface area contributed by atoms with E-state index >= 15 is 0 Å². The number of unbranched alkanes of at least 4 members (excludes halogenated alkanes) is 1. The first-order valence-electron chi connectivity index (χ1n) is 8.45. The van der Waals surface area contributed by atoms with Gasteiger partial charge in [0.15, 0.2) is 0 Å². The van der Waals surface area contributed by atoms with E-state index in [9.17, 15) is 4.79 Å². The molecule has 1 fully saturated rings. The minimum atomic E-state index is -0.175. The molecule has 1 aliphatic carbocycles. The number of hydrazone groups is 1. The van der Waals surface area contributed by atoms with Crippen molar-refractivity contribution in [2.24, 2.45) is 22.4 Å². The zero-order valence-corrected chi connectivity index (χ0v) is 16.3. The fourth-order valence-electron chi connectivity index (χ4n) is 2.85. The Morgan fingerprint density at radius 2 is 2.00 bits per heavy atom. The number of carbonyl (C=O) groups is 1. The second-order valence-electron chi connectivity index (χ2n) is 6.79. The lowest BCUT2D eigenvalue weighted by atomic mass is 10.1. The second kappa shape index (κ2) is 8.72. The molecule has 1 aromatic rings. The van der Waals surface area contributed by atoms with Gasteiger partial charge in [0.05, 0.1) is 18.7 Å². The molecule has 1 N–H and O–H groups in total. The molecule has 1 saturated carbocycles. The molecule has 25 heavy (non-hydrogen) atoms. The standard InChI is InChI=1S/C19H24Cl2N2O2/c1-4-5-10-25-14-8-6-13(7-9-14)12-22-23-18(24)17-15(11-16(20)21)19(17,2)3/h6-9,11-12,15,17H,4-5,10H2,1-3H3,(H,23,24)/b22-12-/t15-,17-/m0/s1. The number of amides is 1. The van der Waals surface area contributed by atoms with Crippen LogP contribution >= 0.6 is 23.2 Å². The molecule has 0 aliphatic heterocycles. The van der Waals surface area contributed by atoms with Gasteiger partial charge in [-0.05, 0) is 53.7 Å². The van der Waals surface area contributed by atoms with Gasteiger partial charge in [0, 0.05) is 0 Å². The van der Waals surface area contributed by atoms with Gasteiger partial charge in [-0.25, -0.2) is 5.43 Å². The quantitative estimate of drug-likeness (QED) is 0.394. The van der Waals surface area contributed by atoms with Crippen LogP contribution in [0.15, 0.2) is 39.9 Å². The van der Waals surface area contributed by atoms with E-state index in [2.05, 4.69) is 17.5 Å². The van der Waals surface area contributed by atoms with E-state index in [0.717, 1.165) is 30.8 Å². The van der Waals surface area contributed by atoms with Crippen LogP contribution in [0.5, 0.6) is 5.75 Å². The molecule has 1 aromatic carbocycles. The van der Waals surface area contributed by atoms with Crippen molar-refractivity contribution in [3.63, 3.8) is 0 Å². The molecular weight excluding hydrogens is 359 g/mol. The number of hydrogen-bond acceptors (Lipinski definition) is 3. The van der Waals surface area contributed by atoms with Crippen molar-refractivity contribution < 1.29 is 9.53 Å². The summed E-state index contributed by atoms with van der Waals surface area (Å²) in [7, 11) is 0. The van der Waals surface area contributed by atoms with E-state index < -0.39 is 0 Å². The number of ether oxygens (including phenoxy) is 1. The minimum absolute atomic E-state index is 0.0345. The third-order valence-corrected chi connectivity index (χ3v) is 4.79. The zero-order valence-electron chi connectivity index (χ0n) is 14.8. The van der Waals surface area contributed by atoms with Crippen LogP contribution in [-0.2, 0) is 4.79 Å². The summed E-state index contributed by atoms with van der Waals surface area (Å²) in [6.45, 7) is 6.87. The fourth-order valence-corrected chi connectivity index (χ4v) is 3.12. The Morgan fingerprint density at radius 1 is 1.32 bits per heavy atom. The van der Waals surface area contributed by atoms with Crippen molar-refractivity contribution in [1.29, 1.82) is 0 Å². The SMILES string of the molecule is CCCCOc1ccc(/C=N\NC(=O)[C@@H]2[C@H](C=C(Cl)Cl)C2(C)C)cc1. The van der Waals surface area contributed by atoms with Crippen molar-refractivity contribution >= 4 is 35.3 Å². The second-order valence-corrected chi connectivity index (χ2v) is 7.79. The van der Waals surface area contributed by atoms with Gasteiger partial charge in [0.2, 0.25) is 5.91 Å². The number of hydrogen-bond donors (Lipinski definition) is 1. The van der Waals surface area contributed by atoms with Crippen LogP contribution in [0.2, 0.25) is 0 Å². The number of rotatable bonds is 8. The molecule has 4 nitrogen and oxygen atoms in total. The highest BCUT2D eigenvalue weighted by atomic mass is 35.5. The maximum atomic E-state index is 12.2. The Balaban J connectivity index is 1.85. The molecule has 6 heteroatoms. The van der Waals surface area contributed by atoms with Crippen molar-refractivity contribution in [3.05, 3.63) is 40.4 Å². The van der Waals surface area contributed by atoms with Crippen LogP contribution in [0, 0.1) is 17.3 Å². The molecule has 136 valence electrons. The van der Waals surface area contributed by atoms with Gasteiger partial charge in [-0.15, -0.1) is 0 Å². The van der Waals surface area contributed by atoms with E-state index in [4.69, 9.17) is 27.9 Å². The van der Waals surface area contributed by atoms with Crippen molar-refractivity contribution in [3.8, 4) is 5.75 Å². The summed E-state index contributed by atoms with van der Waals surface area (Å²) in [6.07, 6.45) is 5.48. The number of allylic oxidation sites excluding steroid dienone is 1. The molecule has 0 aromatic heterocycles. The summed E-state index contributed by atoms with van der Waals surface area (Å²) in [5.41, 5.74) is 3.32. The normalized spacial score (nSPS) is 21.0. The number of benzene rings is 1. The van der Waals surface area contributed by atoms with Gasteiger partial charge in [0.25, 0.3) is 0 Å². The third kappa shape index (κ3) is 5.48. The van der Waals surface area contributed by atoms with Gasteiger partial charge in [-0.3, -0.25) is 4.79 Å². The van der Waals surface area contributed by atoms with E-state index in [1.54, 1.807) is 12.3 Å². The Labute approximate surface area is 159 Å². The van der Waals surface area contributed by atoms with E-state index in [1.165, 1.54) is 0 Å². The smallest absolute Gasteiger partial charge is 0.244 e. The summed E-state index contributed by atoms with van der Waals surface area (Å²) in [4.78, 5) is 12.2. The van der Waals surface area contributed by atoms with Crippen LogP contribution in [0.25, 0.3) is 0 Å². The van der Waals surface area contributed by atoms with E-state index in [-0.39, 0.29) is 27.6 Å². The zero-order chi connectivity index (χ0) is 18.4. The topological polar surface area (TPSA) is 50.7 Å². The fraction of sp³-hybridized carbons (Fsp3) is 0.474. The Bertz CT molecular complexity index is 650. The number of halogens is 2. The van der Waals surface area contributed by atoms with Crippen LogP contribution in [0.3, 0.4) is 0 Å². The van der Waals surface area contributed by atoms with Crippen molar-refractivity contribution in [2.45, 2.75) is 33.6 Å². The van der Waals surface area contributed by atoms with Gasteiger partial charge < -0.3 is 4.74 Å². The first-order valence-corrected chi connectivity index (χ1v) is 9.20. The lowest BCUT2D eigenvalue weighted by Gasteiger charge is -2.05. The van der Waals surface area contributed by atoms with Crippen molar-refractivity contribution in [2.75, 3.05) is 6.61 Å². The summed E-state index contributed by atoms with van der Waals surface area (Å²) in [5, 5.41) is 4.04. The maximum Gasteiger partial charge on any atom is 0.244 e. The highest BCUT2D eigenvalue weighted by Crippen LogP contribution is 2.59. The van der Waals surface area contributed by atoms with Gasteiger partial charge >= 0.3 is 0 Å². The number of carbonyl (C=O) groups excluding carboxylic acids is 1. The highest BCUT2D eigenvalue weighted by molar-refractivity contribution is 6.55. The Morgan fingerprint density at radius 3 is 2.60 bits per heavy atom. The minimum Gasteiger partial charge on any atom is -0.494 e. The molecule has 1 amide bonds. The van der Waals surface area contributed by atoms with Gasteiger partial charge in [0.1, 0.15) is 10.2 Å². The number of nitrogens with zero attached hydrogens (tertiary/aromatic N) is 1. The first kappa shape index (κ1) is 19.8. The monoisotopic (exact) mass is 382 g/mol. The molecule has 0 spiro atoms. The predicted molar refractivity (Wildman–Crippen MR) is 103 cm³/mol. The lowest BCUT2D eigenvalue weighted by molar-refractivity contribution is -0.123. The Hall–Kier alpha value is -1.52. The van der Waals surface area contributed by atoms with Crippen LogP contribution in [0.1, 0.15) is 39.2 Å². The maximum absolute atomic E-state index is 12.2. The molecule has 0 heterocycles. The Kier molecular flexibility index (Phi) is 6.91. The van der Waals surface area contributed by atoms with Crippen molar-refractivity contribution in [1.82, 2.24) is 5.43 Å². The van der Waals surface area contributed by atoms with Crippen LogP contribution in [0.4, 0.5) is 0 Å². The largest absolute Gasteiger partial charge is 0.494 e. The summed E-state index contributed by atoms with van der Waals surface area (Å²) in [5.74, 6) is 0.567. The molecule has 2 atom stereocenters. The average Bonchev–Trinajstić information content (AvgIpc) is 3.08. The average molecular weight is 383 g/mol. The molecular formula is C19H24Cl2N2O2. The summed E-state index contributed by atoms with van der Waals surface area (Å²) < 4.78 is 5.80. The molecule has 0 saturated heterocycles. The van der Waals surface area contributed by atoms with Crippen LogP contribution in [-0.4, -0.2) is 18.7 Å². The van der Waals surface area contributed by atoms with E-state index in [1.807, 2.05) is 38.1 Å². The van der Waals surface area contributed by atoms with Gasteiger partial charge in [-0.1, -0.05) is 50.4 Å². The molecule has 0 bridgehead atoms. The molecule has 2 rings (SSSR count). The van der Waals surface area contributed by atoms with Gasteiger partial charge in [-0.2, -0.15) is 5.10 Å². The highest BCUT2D eigenvalue weighted by Gasteiger charge is 2.60. The summed E-state index contributed by atoms with van der Waals surface area (Å²) >= 11 is 11.4. The lowest BCUT2D eigenvalue weighted by Crippen LogP contribution is -2.21. The predicted octanol–water partition coefficient (Wildman–Crippen LogP) is 4.91. The molecule has 0 unspecified atom stereocenters. The molecule has 1 aliphatic rings. The number of nitrogens with one attached hydrogen (secondary N) is 1. The summed E-state index contributed by atoms with van der Waals surface area (Å²) in [6, 6.07) is 7.59. The van der Waals surface area contributed by atoms with Crippen LogP contribution < -0.4 is 10.2 Å². The first-order chi connectivity index (χ1) is 11.9. The van der Waals surface area contributed by atoms with E-state index in [0.29, 0.717) is 0 Å². The third-order valence-electron chi connectivity index (χ3n) is 4.53.